The second-order valence-corrected chi connectivity index (χ2v) is 6.32. The lowest BCUT2D eigenvalue weighted by Gasteiger charge is -2.32. The fraction of sp³-hybridized carbons (Fsp3) is 0.933. The third-order valence-electron chi connectivity index (χ3n) is 4.84. The monoisotopic (exact) mass is 282 g/mol. The molecule has 3 fully saturated rings. The molecule has 3 aliphatic heterocycles. The van der Waals surface area contributed by atoms with Crippen molar-refractivity contribution >= 4 is 5.91 Å². The van der Waals surface area contributed by atoms with Crippen molar-refractivity contribution in [2.24, 2.45) is 0 Å². The summed E-state index contributed by atoms with van der Waals surface area (Å²) in [6.45, 7) is 4.73. The molecule has 5 nitrogen and oxygen atoms in total. The summed E-state index contributed by atoms with van der Waals surface area (Å²) < 4.78 is 11.8. The van der Waals surface area contributed by atoms with E-state index in [-0.39, 0.29) is 24.2 Å². The summed E-state index contributed by atoms with van der Waals surface area (Å²) in [5.74, 6) is 0.149. The minimum Gasteiger partial charge on any atom is -0.372 e. The molecular formula is C15H26N2O3. The van der Waals surface area contributed by atoms with Crippen LogP contribution in [0.5, 0.6) is 0 Å². The number of nitrogens with zero attached hydrogens (tertiary/aromatic N) is 1. The van der Waals surface area contributed by atoms with Crippen LogP contribution in [0.4, 0.5) is 0 Å². The van der Waals surface area contributed by atoms with Crippen LogP contribution >= 0.6 is 0 Å². The molecule has 3 saturated heterocycles. The van der Waals surface area contributed by atoms with Crippen LogP contribution in [0.2, 0.25) is 0 Å². The molecule has 1 spiro atoms. The largest absolute Gasteiger partial charge is 0.372 e. The maximum Gasteiger partial charge on any atom is 0.248 e. The molecule has 1 amide bonds. The Morgan fingerprint density at radius 2 is 2.00 bits per heavy atom. The van der Waals surface area contributed by atoms with Gasteiger partial charge in [0.2, 0.25) is 5.91 Å². The number of nitrogens with one attached hydrogen (secondary N) is 1. The lowest BCUT2D eigenvalue weighted by Crippen LogP contribution is -2.42. The topological polar surface area (TPSA) is 50.8 Å². The van der Waals surface area contributed by atoms with Crippen molar-refractivity contribution in [2.45, 2.75) is 50.2 Å². The summed E-state index contributed by atoms with van der Waals surface area (Å²) in [6, 6.07) is 0. The number of piperidine rings is 2. The highest BCUT2D eigenvalue weighted by molar-refractivity contribution is 5.77. The number of amides is 1. The highest BCUT2D eigenvalue weighted by Gasteiger charge is 2.41. The van der Waals surface area contributed by atoms with E-state index < -0.39 is 0 Å². The first-order valence-corrected chi connectivity index (χ1v) is 8.02. The molecule has 0 aromatic heterocycles. The van der Waals surface area contributed by atoms with Crippen LogP contribution in [0, 0.1) is 0 Å². The van der Waals surface area contributed by atoms with Crippen LogP contribution in [0.25, 0.3) is 0 Å². The summed E-state index contributed by atoms with van der Waals surface area (Å²) in [6.07, 6.45) is 6.68. The van der Waals surface area contributed by atoms with Gasteiger partial charge >= 0.3 is 0 Å². The third-order valence-corrected chi connectivity index (χ3v) is 4.84. The molecule has 1 unspecified atom stereocenters. The quantitative estimate of drug-likeness (QED) is 0.836. The molecule has 0 saturated carbocycles. The van der Waals surface area contributed by atoms with Gasteiger partial charge in [-0.15, -0.1) is 0 Å². The van der Waals surface area contributed by atoms with Crippen LogP contribution in [-0.4, -0.2) is 61.9 Å². The fourth-order valence-electron chi connectivity index (χ4n) is 3.56. The van der Waals surface area contributed by atoms with Gasteiger partial charge in [-0.1, -0.05) is 0 Å². The maximum absolute atomic E-state index is 12.1. The number of hydrogen-bond acceptors (Lipinski definition) is 4. The van der Waals surface area contributed by atoms with E-state index in [1.54, 1.807) is 0 Å². The molecule has 0 aromatic rings. The molecule has 1 N–H and O–H groups in total. The lowest BCUT2D eigenvalue weighted by atomic mass is 9.89. The zero-order valence-corrected chi connectivity index (χ0v) is 12.2. The van der Waals surface area contributed by atoms with Crippen molar-refractivity contribution in [3.63, 3.8) is 0 Å². The molecule has 0 radical (unpaired) electrons. The van der Waals surface area contributed by atoms with E-state index in [1.807, 2.05) is 4.90 Å². The molecule has 3 rings (SSSR count). The van der Waals surface area contributed by atoms with E-state index in [0.717, 1.165) is 58.3 Å². The first kappa shape index (κ1) is 14.3. The molecule has 0 bridgehead atoms. The summed E-state index contributed by atoms with van der Waals surface area (Å²) in [5.41, 5.74) is 0.0179. The normalized spacial score (nSPS) is 29.8. The Hall–Kier alpha value is -0.650. The predicted octanol–water partition coefficient (Wildman–Crippen LogP) is 0.927. The number of ether oxygens (including phenoxy) is 2. The van der Waals surface area contributed by atoms with Gasteiger partial charge in [-0.2, -0.15) is 0 Å². The van der Waals surface area contributed by atoms with Gasteiger partial charge in [-0.3, -0.25) is 4.79 Å². The fourth-order valence-corrected chi connectivity index (χ4v) is 3.56. The van der Waals surface area contributed by atoms with Crippen LogP contribution in [-0.2, 0) is 14.3 Å². The zero-order chi connectivity index (χ0) is 13.8. The number of rotatable bonds is 3. The van der Waals surface area contributed by atoms with Crippen molar-refractivity contribution in [1.29, 1.82) is 0 Å². The Bertz CT molecular complexity index is 336. The van der Waals surface area contributed by atoms with Gasteiger partial charge in [-0.05, 0) is 45.2 Å². The standard InChI is InChI=1S/C15H26N2O3/c18-14(17-8-2-1-3-9-17)12-19-13-10-15(20-11-13)4-6-16-7-5-15/h13,16H,1-12H2. The number of hydrogen-bond donors (Lipinski definition) is 1. The van der Waals surface area contributed by atoms with Crippen molar-refractivity contribution in [3.8, 4) is 0 Å². The minimum atomic E-state index is 0.0179. The second kappa shape index (κ2) is 6.41. The molecular weight excluding hydrogens is 256 g/mol. The molecule has 5 heteroatoms. The molecule has 0 aromatic carbocycles. The van der Waals surface area contributed by atoms with Crippen LogP contribution in [0.1, 0.15) is 38.5 Å². The number of likely N-dealkylation sites (tertiary alicyclic amines) is 1. The van der Waals surface area contributed by atoms with Crippen LogP contribution in [0.15, 0.2) is 0 Å². The van der Waals surface area contributed by atoms with E-state index in [2.05, 4.69) is 5.32 Å². The summed E-state index contributed by atoms with van der Waals surface area (Å²) >= 11 is 0. The first-order valence-electron chi connectivity index (χ1n) is 8.02. The highest BCUT2D eigenvalue weighted by Crippen LogP contribution is 2.35. The van der Waals surface area contributed by atoms with Gasteiger partial charge in [0.15, 0.2) is 0 Å². The number of carbonyl (C=O) groups excluding carboxylic acids is 1. The first-order chi connectivity index (χ1) is 9.77. The van der Waals surface area contributed by atoms with Gasteiger partial charge in [0.1, 0.15) is 6.61 Å². The summed E-state index contributed by atoms with van der Waals surface area (Å²) in [7, 11) is 0. The second-order valence-electron chi connectivity index (χ2n) is 6.32. The molecule has 114 valence electrons. The summed E-state index contributed by atoms with van der Waals surface area (Å²) in [5, 5.41) is 3.36. The zero-order valence-electron chi connectivity index (χ0n) is 12.2. The average Bonchev–Trinajstić information content (AvgIpc) is 2.89. The van der Waals surface area contributed by atoms with E-state index in [9.17, 15) is 4.79 Å². The van der Waals surface area contributed by atoms with Gasteiger partial charge in [0.05, 0.1) is 18.3 Å². The Morgan fingerprint density at radius 1 is 1.25 bits per heavy atom. The molecule has 3 aliphatic rings. The Labute approximate surface area is 121 Å². The van der Waals surface area contributed by atoms with E-state index in [1.165, 1.54) is 6.42 Å². The third kappa shape index (κ3) is 3.32. The van der Waals surface area contributed by atoms with Gasteiger partial charge < -0.3 is 19.7 Å². The smallest absolute Gasteiger partial charge is 0.248 e. The average molecular weight is 282 g/mol. The Balaban J connectivity index is 1.41. The van der Waals surface area contributed by atoms with E-state index in [4.69, 9.17) is 9.47 Å². The van der Waals surface area contributed by atoms with Crippen molar-refractivity contribution < 1.29 is 14.3 Å². The molecule has 3 heterocycles. The van der Waals surface area contributed by atoms with E-state index >= 15 is 0 Å². The Morgan fingerprint density at radius 3 is 2.75 bits per heavy atom. The van der Waals surface area contributed by atoms with Crippen molar-refractivity contribution in [1.82, 2.24) is 10.2 Å². The minimum absolute atomic E-state index is 0.0179. The van der Waals surface area contributed by atoms with Crippen molar-refractivity contribution in [3.05, 3.63) is 0 Å². The maximum atomic E-state index is 12.1. The van der Waals surface area contributed by atoms with Crippen molar-refractivity contribution in [2.75, 3.05) is 39.4 Å². The van der Waals surface area contributed by atoms with Crippen LogP contribution in [0.3, 0.4) is 0 Å². The van der Waals surface area contributed by atoms with Crippen LogP contribution < -0.4 is 5.32 Å². The van der Waals surface area contributed by atoms with E-state index in [0.29, 0.717) is 6.61 Å². The number of carbonyl (C=O) groups is 1. The predicted molar refractivity (Wildman–Crippen MR) is 75.6 cm³/mol. The molecule has 1 atom stereocenters. The van der Waals surface area contributed by atoms with Gasteiger partial charge in [0, 0.05) is 19.5 Å². The SMILES string of the molecule is O=C(COC1COC2(CCNCC2)C1)N1CCCCC1. The van der Waals surface area contributed by atoms with Gasteiger partial charge in [0.25, 0.3) is 0 Å². The van der Waals surface area contributed by atoms with Gasteiger partial charge in [-0.25, -0.2) is 0 Å². The molecule has 0 aliphatic carbocycles. The summed E-state index contributed by atoms with van der Waals surface area (Å²) in [4.78, 5) is 14.0. The molecule has 20 heavy (non-hydrogen) atoms. The Kier molecular flexibility index (Phi) is 4.58. The lowest BCUT2D eigenvalue weighted by molar-refractivity contribution is -0.139. The highest BCUT2D eigenvalue weighted by atomic mass is 16.6.